The second-order valence-electron chi connectivity index (χ2n) is 7.46. The number of carbonyl (C=O) groups excluding carboxylic acids is 3. The van der Waals surface area contributed by atoms with Crippen molar-refractivity contribution in [3.63, 3.8) is 0 Å². The van der Waals surface area contributed by atoms with Crippen molar-refractivity contribution < 1.29 is 19.1 Å². The molecule has 4 rings (SSSR count). The first kappa shape index (κ1) is 20.5. The zero-order valence-corrected chi connectivity index (χ0v) is 17.5. The number of aldehydes is 1. The molecule has 8 heteroatoms. The fourth-order valence-electron chi connectivity index (χ4n) is 3.85. The van der Waals surface area contributed by atoms with Crippen LogP contribution in [0.4, 0.5) is 11.4 Å². The maximum absolute atomic E-state index is 13.3. The van der Waals surface area contributed by atoms with Gasteiger partial charge in [0.05, 0.1) is 12.8 Å². The normalized spacial score (nSPS) is 13.9. The van der Waals surface area contributed by atoms with Crippen LogP contribution in [-0.2, 0) is 4.79 Å². The number of anilines is 2. The van der Waals surface area contributed by atoms with Crippen LogP contribution in [0.15, 0.2) is 42.5 Å². The van der Waals surface area contributed by atoms with Gasteiger partial charge in [-0.3, -0.25) is 14.4 Å². The molecule has 2 heterocycles. The van der Waals surface area contributed by atoms with Gasteiger partial charge in [0.2, 0.25) is 5.91 Å². The van der Waals surface area contributed by atoms with Crippen molar-refractivity contribution in [1.29, 1.82) is 0 Å². The summed E-state index contributed by atoms with van der Waals surface area (Å²) >= 11 is 0. The first-order chi connectivity index (χ1) is 15.0. The Balaban J connectivity index is 1.55. The maximum Gasteiger partial charge on any atom is 0.272 e. The van der Waals surface area contributed by atoms with E-state index in [2.05, 4.69) is 15.2 Å². The van der Waals surface area contributed by atoms with E-state index in [1.54, 1.807) is 36.3 Å². The number of hydrogen-bond donors (Lipinski definition) is 2. The Labute approximate surface area is 179 Å². The van der Waals surface area contributed by atoms with E-state index in [-0.39, 0.29) is 11.8 Å². The van der Waals surface area contributed by atoms with Crippen molar-refractivity contribution in [3.8, 4) is 5.75 Å². The number of benzene rings is 2. The van der Waals surface area contributed by atoms with Crippen LogP contribution in [0.3, 0.4) is 0 Å². The number of ether oxygens (including phenoxy) is 1. The summed E-state index contributed by atoms with van der Waals surface area (Å²) in [7, 11) is 1.57. The summed E-state index contributed by atoms with van der Waals surface area (Å²) in [6.45, 7) is 3.87. The van der Waals surface area contributed by atoms with E-state index >= 15 is 0 Å². The molecule has 2 aromatic carbocycles. The van der Waals surface area contributed by atoms with Gasteiger partial charge in [-0.05, 0) is 42.5 Å². The summed E-state index contributed by atoms with van der Waals surface area (Å²) in [6, 6.07) is 12.9. The Morgan fingerprint density at radius 2 is 1.77 bits per heavy atom. The Morgan fingerprint density at radius 3 is 2.39 bits per heavy atom. The number of aromatic amines is 1. The molecular weight excluding hydrogens is 396 g/mol. The number of rotatable bonds is 5. The van der Waals surface area contributed by atoms with Gasteiger partial charge in [-0.2, -0.15) is 0 Å². The minimum absolute atomic E-state index is 0.158. The van der Waals surface area contributed by atoms with Crippen molar-refractivity contribution in [2.75, 3.05) is 43.5 Å². The molecule has 1 saturated heterocycles. The van der Waals surface area contributed by atoms with Crippen molar-refractivity contribution in [2.45, 2.75) is 6.92 Å². The van der Waals surface area contributed by atoms with Crippen molar-refractivity contribution in [1.82, 2.24) is 9.88 Å². The molecule has 0 saturated carbocycles. The predicted octanol–water partition coefficient (Wildman–Crippen LogP) is 2.91. The summed E-state index contributed by atoms with van der Waals surface area (Å²) in [5, 5.41) is 3.53. The SMILES string of the molecule is COc1ccc2[nH]c(C(=O)N3CCN(c4ccc(C=O)cc4)CC3)c(NC(C)=O)c2c1. The summed E-state index contributed by atoms with van der Waals surface area (Å²) < 4.78 is 5.29. The van der Waals surface area contributed by atoms with E-state index in [0.29, 0.717) is 48.9 Å². The highest BCUT2D eigenvalue weighted by atomic mass is 16.5. The topological polar surface area (TPSA) is 94.7 Å². The van der Waals surface area contributed by atoms with Crippen LogP contribution in [0.5, 0.6) is 5.75 Å². The van der Waals surface area contributed by atoms with Gasteiger partial charge in [0, 0.05) is 55.3 Å². The zero-order chi connectivity index (χ0) is 22.0. The lowest BCUT2D eigenvalue weighted by Gasteiger charge is -2.36. The van der Waals surface area contributed by atoms with E-state index in [1.165, 1.54) is 6.92 Å². The van der Waals surface area contributed by atoms with Crippen LogP contribution in [0.25, 0.3) is 10.9 Å². The predicted molar refractivity (Wildman–Crippen MR) is 119 cm³/mol. The molecule has 0 unspecified atom stereocenters. The molecular formula is C23H24N4O4. The minimum atomic E-state index is -0.249. The third kappa shape index (κ3) is 4.09. The number of H-pyrrole nitrogens is 1. The van der Waals surface area contributed by atoms with Gasteiger partial charge in [-0.25, -0.2) is 0 Å². The van der Waals surface area contributed by atoms with Crippen LogP contribution in [0, 0.1) is 0 Å². The molecule has 0 aliphatic carbocycles. The van der Waals surface area contributed by atoms with Gasteiger partial charge in [0.15, 0.2) is 0 Å². The number of nitrogens with zero attached hydrogens (tertiary/aromatic N) is 2. The second kappa shape index (κ2) is 8.51. The number of hydrogen-bond acceptors (Lipinski definition) is 5. The Morgan fingerprint density at radius 1 is 1.06 bits per heavy atom. The Kier molecular flexibility index (Phi) is 5.62. The van der Waals surface area contributed by atoms with E-state index < -0.39 is 0 Å². The molecule has 0 bridgehead atoms. The van der Waals surface area contributed by atoms with Gasteiger partial charge < -0.3 is 24.8 Å². The quantitative estimate of drug-likeness (QED) is 0.619. The van der Waals surface area contributed by atoms with Crippen LogP contribution >= 0.6 is 0 Å². The molecule has 8 nitrogen and oxygen atoms in total. The number of nitrogens with one attached hydrogen (secondary N) is 2. The molecule has 0 atom stereocenters. The number of amides is 2. The van der Waals surface area contributed by atoms with Crippen molar-refractivity contribution in [2.24, 2.45) is 0 Å². The number of fused-ring (bicyclic) bond motifs is 1. The fourth-order valence-corrected chi connectivity index (χ4v) is 3.85. The first-order valence-electron chi connectivity index (χ1n) is 10.1. The third-order valence-electron chi connectivity index (χ3n) is 5.48. The van der Waals surface area contributed by atoms with Gasteiger partial charge in [-0.15, -0.1) is 0 Å². The lowest BCUT2D eigenvalue weighted by atomic mass is 10.1. The minimum Gasteiger partial charge on any atom is -0.497 e. The Hall–Kier alpha value is -3.81. The molecule has 1 fully saturated rings. The van der Waals surface area contributed by atoms with Crippen LogP contribution in [0.1, 0.15) is 27.8 Å². The molecule has 3 aromatic rings. The van der Waals surface area contributed by atoms with Crippen molar-refractivity contribution >= 4 is 40.4 Å². The van der Waals surface area contributed by atoms with Crippen LogP contribution in [-0.4, -0.2) is 61.3 Å². The lowest BCUT2D eigenvalue weighted by Crippen LogP contribution is -2.49. The fraction of sp³-hybridized carbons (Fsp3) is 0.261. The summed E-state index contributed by atoms with van der Waals surface area (Å²) in [4.78, 5) is 43.1. The van der Waals surface area contributed by atoms with E-state index in [0.717, 1.165) is 22.9 Å². The highest BCUT2D eigenvalue weighted by Gasteiger charge is 2.27. The maximum atomic E-state index is 13.3. The highest BCUT2D eigenvalue weighted by molar-refractivity contribution is 6.12. The van der Waals surface area contributed by atoms with Crippen LogP contribution < -0.4 is 15.0 Å². The smallest absolute Gasteiger partial charge is 0.272 e. The Bertz CT molecular complexity index is 1130. The molecule has 1 aromatic heterocycles. The van der Waals surface area contributed by atoms with E-state index in [9.17, 15) is 14.4 Å². The zero-order valence-electron chi connectivity index (χ0n) is 17.5. The average molecular weight is 420 g/mol. The highest BCUT2D eigenvalue weighted by Crippen LogP contribution is 2.32. The summed E-state index contributed by atoms with van der Waals surface area (Å²) in [5.74, 6) is 0.238. The molecule has 1 aliphatic rings. The van der Waals surface area contributed by atoms with Gasteiger partial charge in [-0.1, -0.05) is 0 Å². The van der Waals surface area contributed by atoms with Crippen LogP contribution in [0.2, 0.25) is 0 Å². The number of carbonyl (C=O) groups is 3. The molecule has 2 amide bonds. The monoisotopic (exact) mass is 420 g/mol. The molecule has 2 N–H and O–H groups in total. The number of piperazine rings is 1. The standard InChI is InChI=1S/C23H24N4O4/c1-15(29)24-21-19-13-18(31-2)7-8-20(19)25-22(21)23(30)27-11-9-26(10-12-27)17-5-3-16(14-28)4-6-17/h3-8,13-14,25H,9-12H2,1-2H3,(H,24,29). The molecule has 160 valence electrons. The average Bonchev–Trinajstić information content (AvgIpc) is 3.15. The molecule has 1 aliphatic heterocycles. The van der Waals surface area contributed by atoms with E-state index in [4.69, 9.17) is 4.74 Å². The molecule has 31 heavy (non-hydrogen) atoms. The second-order valence-corrected chi connectivity index (χ2v) is 7.46. The van der Waals surface area contributed by atoms with E-state index in [1.807, 2.05) is 18.2 Å². The number of methoxy groups -OCH3 is 1. The van der Waals surface area contributed by atoms with Gasteiger partial charge in [0.25, 0.3) is 5.91 Å². The van der Waals surface area contributed by atoms with Crippen molar-refractivity contribution in [3.05, 3.63) is 53.7 Å². The van der Waals surface area contributed by atoms with Gasteiger partial charge >= 0.3 is 0 Å². The lowest BCUT2D eigenvalue weighted by molar-refractivity contribution is -0.114. The van der Waals surface area contributed by atoms with Gasteiger partial charge in [0.1, 0.15) is 17.7 Å². The third-order valence-corrected chi connectivity index (χ3v) is 5.48. The molecule has 0 radical (unpaired) electrons. The summed E-state index contributed by atoms with van der Waals surface area (Å²) in [5.41, 5.74) is 3.25. The summed E-state index contributed by atoms with van der Waals surface area (Å²) in [6.07, 6.45) is 0.822. The largest absolute Gasteiger partial charge is 0.497 e. The number of aromatic nitrogens is 1. The molecule has 0 spiro atoms. The first-order valence-corrected chi connectivity index (χ1v) is 10.1.